The number of aryl methyl sites for hydroxylation is 1. The highest BCUT2D eigenvalue weighted by molar-refractivity contribution is 5.02. The van der Waals surface area contributed by atoms with Crippen molar-refractivity contribution >= 4 is 0 Å². The number of piperidine rings is 1. The molecule has 2 heterocycles. The topological polar surface area (TPSA) is 47.0 Å². The Labute approximate surface area is 103 Å². The second kappa shape index (κ2) is 6.55. The lowest BCUT2D eigenvalue weighted by atomic mass is 10.0. The Morgan fingerprint density at radius 1 is 1.47 bits per heavy atom. The molecule has 0 bridgehead atoms. The number of nitrogens with one attached hydrogen (secondary N) is 1. The van der Waals surface area contributed by atoms with Crippen LogP contribution in [0.3, 0.4) is 0 Å². The first-order valence-electron chi connectivity index (χ1n) is 6.50. The zero-order valence-corrected chi connectivity index (χ0v) is 10.5. The fraction of sp³-hybridized carbons (Fsp3) is 0.692. The highest BCUT2D eigenvalue weighted by Crippen LogP contribution is 2.12. The van der Waals surface area contributed by atoms with E-state index in [0.29, 0.717) is 18.7 Å². The Bertz CT molecular complexity index is 337. The van der Waals surface area contributed by atoms with Crippen molar-refractivity contribution < 1.29 is 4.74 Å². The number of hydrogen-bond acceptors (Lipinski definition) is 4. The molecule has 0 spiro atoms. The van der Waals surface area contributed by atoms with Crippen molar-refractivity contribution in [1.82, 2.24) is 15.3 Å². The van der Waals surface area contributed by atoms with E-state index in [1.54, 1.807) is 6.20 Å². The molecule has 0 aliphatic carbocycles. The van der Waals surface area contributed by atoms with Gasteiger partial charge in [0.2, 0.25) is 0 Å². The first-order chi connectivity index (χ1) is 8.34. The average Bonchev–Trinajstić information content (AvgIpc) is 2.36. The predicted molar refractivity (Wildman–Crippen MR) is 67.1 cm³/mol. The molecule has 0 radical (unpaired) electrons. The van der Waals surface area contributed by atoms with E-state index in [4.69, 9.17) is 4.74 Å². The summed E-state index contributed by atoms with van der Waals surface area (Å²) in [5, 5.41) is 3.54. The van der Waals surface area contributed by atoms with Gasteiger partial charge in [0.1, 0.15) is 0 Å². The molecular formula is C13H21N3O. The van der Waals surface area contributed by atoms with Gasteiger partial charge in [0.05, 0.1) is 6.61 Å². The van der Waals surface area contributed by atoms with Gasteiger partial charge in [-0.1, -0.05) is 6.42 Å². The van der Waals surface area contributed by atoms with Gasteiger partial charge in [-0.05, 0) is 45.2 Å². The zero-order chi connectivity index (χ0) is 11.9. The minimum absolute atomic E-state index is 0.501. The largest absolute Gasteiger partial charge is 0.463 e. The smallest absolute Gasteiger partial charge is 0.316 e. The van der Waals surface area contributed by atoms with E-state index in [-0.39, 0.29) is 0 Å². The van der Waals surface area contributed by atoms with Crippen LogP contribution in [-0.4, -0.2) is 29.2 Å². The van der Waals surface area contributed by atoms with E-state index >= 15 is 0 Å². The van der Waals surface area contributed by atoms with Crippen LogP contribution in [0.4, 0.5) is 0 Å². The molecule has 17 heavy (non-hydrogen) atoms. The highest BCUT2D eigenvalue weighted by atomic mass is 16.5. The average molecular weight is 235 g/mol. The molecule has 0 amide bonds. The molecule has 1 aromatic rings. The van der Waals surface area contributed by atoms with Gasteiger partial charge >= 0.3 is 6.01 Å². The van der Waals surface area contributed by atoms with Gasteiger partial charge < -0.3 is 10.1 Å². The van der Waals surface area contributed by atoms with Gasteiger partial charge in [-0.25, -0.2) is 9.97 Å². The van der Waals surface area contributed by atoms with Gasteiger partial charge in [-0.15, -0.1) is 0 Å². The molecule has 1 N–H and O–H groups in total. The third-order valence-electron chi connectivity index (χ3n) is 3.11. The van der Waals surface area contributed by atoms with Crippen molar-refractivity contribution in [2.24, 2.45) is 0 Å². The summed E-state index contributed by atoms with van der Waals surface area (Å²) < 4.78 is 5.53. The number of ether oxygens (including phenoxy) is 1. The first-order valence-corrected chi connectivity index (χ1v) is 6.50. The van der Waals surface area contributed by atoms with E-state index in [1.165, 1.54) is 32.2 Å². The third kappa shape index (κ3) is 4.30. The molecule has 1 aromatic heterocycles. The van der Waals surface area contributed by atoms with Crippen LogP contribution in [0, 0.1) is 6.92 Å². The van der Waals surface area contributed by atoms with Crippen LogP contribution >= 0.6 is 0 Å². The van der Waals surface area contributed by atoms with Gasteiger partial charge in [0, 0.05) is 17.9 Å². The van der Waals surface area contributed by atoms with Crippen molar-refractivity contribution in [2.75, 3.05) is 13.2 Å². The van der Waals surface area contributed by atoms with Crippen molar-refractivity contribution in [3.63, 3.8) is 0 Å². The van der Waals surface area contributed by atoms with E-state index in [1.807, 2.05) is 13.0 Å². The molecule has 0 saturated carbocycles. The standard InChI is InChI=1S/C13H21N3O/c1-11-7-9-15-13(16-11)17-10-4-6-12-5-2-3-8-14-12/h7,9,12,14H,2-6,8,10H2,1H3. The number of aromatic nitrogens is 2. The maximum atomic E-state index is 5.53. The van der Waals surface area contributed by atoms with Crippen LogP contribution in [0.5, 0.6) is 6.01 Å². The number of hydrogen-bond donors (Lipinski definition) is 1. The summed E-state index contributed by atoms with van der Waals surface area (Å²) in [6.07, 6.45) is 7.98. The van der Waals surface area contributed by atoms with Gasteiger partial charge in [-0.3, -0.25) is 0 Å². The second-order valence-electron chi connectivity index (χ2n) is 4.62. The first kappa shape index (κ1) is 12.3. The number of nitrogens with zero attached hydrogens (tertiary/aromatic N) is 2. The Morgan fingerprint density at radius 2 is 2.41 bits per heavy atom. The molecule has 94 valence electrons. The molecule has 1 aliphatic heterocycles. The van der Waals surface area contributed by atoms with Gasteiger partial charge in [0.15, 0.2) is 0 Å². The fourth-order valence-electron chi connectivity index (χ4n) is 2.16. The summed E-state index contributed by atoms with van der Waals surface area (Å²) in [7, 11) is 0. The monoisotopic (exact) mass is 235 g/mol. The molecule has 4 heteroatoms. The lowest BCUT2D eigenvalue weighted by Gasteiger charge is -2.23. The van der Waals surface area contributed by atoms with Crippen LogP contribution in [0.2, 0.25) is 0 Å². The molecule has 2 rings (SSSR count). The molecule has 1 aliphatic rings. The van der Waals surface area contributed by atoms with Crippen LogP contribution in [-0.2, 0) is 0 Å². The summed E-state index contributed by atoms with van der Waals surface area (Å²) in [6, 6.07) is 3.06. The lowest BCUT2D eigenvalue weighted by Crippen LogP contribution is -2.34. The van der Waals surface area contributed by atoms with Crippen LogP contribution < -0.4 is 10.1 Å². The number of rotatable bonds is 5. The van der Waals surface area contributed by atoms with Crippen LogP contribution in [0.15, 0.2) is 12.3 Å². The van der Waals surface area contributed by atoms with Crippen LogP contribution in [0.1, 0.15) is 37.8 Å². The molecule has 1 fully saturated rings. The normalized spacial score (nSPS) is 20.2. The zero-order valence-electron chi connectivity index (χ0n) is 10.5. The maximum absolute atomic E-state index is 5.53. The van der Waals surface area contributed by atoms with Crippen molar-refractivity contribution in [3.05, 3.63) is 18.0 Å². The van der Waals surface area contributed by atoms with Crippen molar-refractivity contribution in [1.29, 1.82) is 0 Å². The molecule has 4 nitrogen and oxygen atoms in total. The van der Waals surface area contributed by atoms with Crippen molar-refractivity contribution in [3.8, 4) is 6.01 Å². The van der Waals surface area contributed by atoms with Gasteiger partial charge in [-0.2, -0.15) is 0 Å². The summed E-state index contributed by atoms with van der Waals surface area (Å²) in [4.78, 5) is 8.28. The lowest BCUT2D eigenvalue weighted by molar-refractivity contribution is 0.266. The van der Waals surface area contributed by atoms with Gasteiger partial charge in [0.25, 0.3) is 0 Å². The molecule has 1 atom stereocenters. The summed E-state index contributed by atoms with van der Waals surface area (Å²) >= 11 is 0. The summed E-state index contributed by atoms with van der Waals surface area (Å²) in [5.74, 6) is 0. The highest BCUT2D eigenvalue weighted by Gasteiger charge is 2.11. The second-order valence-corrected chi connectivity index (χ2v) is 4.62. The Morgan fingerprint density at radius 3 is 3.18 bits per heavy atom. The van der Waals surface area contributed by atoms with E-state index < -0.39 is 0 Å². The quantitative estimate of drug-likeness (QED) is 0.794. The molecular weight excluding hydrogens is 214 g/mol. The predicted octanol–water partition coefficient (Wildman–Crippen LogP) is 2.09. The molecule has 0 aromatic carbocycles. The van der Waals surface area contributed by atoms with E-state index in [9.17, 15) is 0 Å². The fourth-order valence-corrected chi connectivity index (χ4v) is 2.16. The van der Waals surface area contributed by atoms with Crippen molar-refractivity contribution in [2.45, 2.75) is 45.1 Å². The molecule has 1 saturated heterocycles. The Kier molecular flexibility index (Phi) is 4.74. The summed E-state index contributed by atoms with van der Waals surface area (Å²) in [5.41, 5.74) is 0.948. The minimum Gasteiger partial charge on any atom is -0.463 e. The molecule has 1 unspecified atom stereocenters. The maximum Gasteiger partial charge on any atom is 0.316 e. The summed E-state index contributed by atoms with van der Waals surface area (Å²) in [6.45, 7) is 3.83. The minimum atomic E-state index is 0.501. The Hall–Kier alpha value is -1.16. The van der Waals surface area contributed by atoms with Crippen LogP contribution in [0.25, 0.3) is 0 Å². The Balaban J connectivity index is 1.62. The third-order valence-corrected chi connectivity index (χ3v) is 3.11. The van der Waals surface area contributed by atoms with E-state index in [2.05, 4.69) is 15.3 Å². The van der Waals surface area contributed by atoms with E-state index in [0.717, 1.165) is 12.1 Å². The SMILES string of the molecule is Cc1ccnc(OCCCC2CCCCN2)n1.